The Morgan fingerprint density at radius 2 is 2.00 bits per heavy atom. The summed E-state index contributed by atoms with van der Waals surface area (Å²) in [6, 6.07) is 9.88. The smallest absolute Gasteiger partial charge is 0.188 e. The Balaban J connectivity index is 2.06. The lowest BCUT2D eigenvalue weighted by Crippen LogP contribution is -2.38. The van der Waals surface area contributed by atoms with Crippen LogP contribution >= 0.6 is 0 Å². The molecule has 0 bridgehead atoms. The van der Waals surface area contributed by atoms with Gasteiger partial charge >= 0.3 is 0 Å². The third-order valence-corrected chi connectivity index (χ3v) is 3.94. The van der Waals surface area contributed by atoms with E-state index < -0.39 is 5.54 Å². The maximum absolute atomic E-state index is 14.0. The van der Waals surface area contributed by atoms with Crippen LogP contribution in [0.1, 0.15) is 20.3 Å². The minimum atomic E-state index is -0.479. The first-order valence-corrected chi connectivity index (χ1v) is 7.43. The summed E-state index contributed by atoms with van der Waals surface area (Å²) in [6.07, 6.45) is 0.728. The first kappa shape index (κ1) is 15.4. The van der Waals surface area contributed by atoms with Crippen molar-refractivity contribution in [1.29, 1.82) is 0 Å². The molecule has 23 heavy (non-hydrogen) atoms. The fraction of sp³-hybridized carbons (Fsp3) is 0.312. The van der Waals surface area contributed by atoms with E-state index in [1.807, 2.05) is 13.8 Å². The number of aliphatic hydroxyl groups is 1. The zero-order valence-electron chi connectivity index (χ0n) is 13.0. The van der Waals surface area contributed by atoms with Gasteiger partial charge in [0, 0.05) is 0 Å². The summed E-state index contributed by atoms with van der Waals surface area (Å²) in [4.78, 5) is 0. The Morgan fingerprint density at radius 3 is 2.70 bits per heavy atom. The van der Waals surface area contributed by atoms with Gasteiger partial charge in [-0.15, -0.1) is 15.3 Å². The molecular weight excluding hydrogens is 297 g/mol. The first-order valence-electron chi connectivity index (χ1n) is 7.43. The molecule has 0 saturated heterocycles. The van der Waals surface area contributed by atoms with Crippen LogP contribution in [0.4, 0.5) is 10.2 Å². The molecule has 0 aliphatic heterocycles. The van der Waals surface area contributed by atoms with E-state index in [0.29, 0.717) is 22.9 Å². The van der Waals surface area contributed by atoms with Gasteiger partial charge < -0.3 is 10.4 Å². The van der Waals surface area contributed by atoms with Crippen LogP contribution in [0.5, 0.6) is 0 Å². The highest BCUT2D eigenvalue weighted by Crippen LogP contribution is 2.22. The van der Waals surface area contributed by atoms with Crippen LogP contribution in [0.3, 0.4) is 0 Å². The van der Waals surface area contributed by atoms with Crippen molar-refractivity contribution in [3.05, 3.63) is 42.2 Å². The minimum absolute atomic E-state index is 0.0223. The molecule has 3 aromatic rings. The number of rotatable bonds is 5. The van der Waals surface area contributed by atoms with Gasteiger partial charge in [-0.3, -0.25) is 0 Å². The summed E-state index contributed by atoms with van der Waals surface area (Å²) in [5.41, 5.74) is 0.383. The van der Waals surface area contributed by atoms with Gasteiger partial charge in [0.2, 0.25) is 0 Å². The number of hydrogen-bond acceptors (Lipinski definition) is 5. The molecule has 0 aliphatic rings. The third-order valence-electron chi connectivity index (χ3n) is 3.94. The average molecular weight is 315 g/mol. The van der Waals surface area contributed by atoms with Gasteiger partial charge in [-0.25, -0.2) is 4.39 Å². The molecule has 1 unspecified atom stereocenters. The predicted octanol–water partition coefficient (Wildman–Crippen LogP) is 2.50. The number of benzene rings is 1. The monoisotopic (exact) mass is 315 g/mol. The first-order chi connectivity index (χ1) is 11.1. The van der Waals surface area contributed by atoms with E-state index in [1.54, 1.807) is 30.3 Å². The molecule has 2 heterocycles. The minimum Gasteiger partial charge on any atom is -0.394 e. The molecule has 2 N–H and O–H groups in total. The Labute approximate surface area is 133 Å². The highest BCUT2D eigenvalue weighted by molar-refractivity contribution is 5.60. The van der Waals surface area contributed by atoms with Gasteiger partial charge in [-0.05, 0) is 37.6 Å². The molecule has 120 valence electrons. The molecule has 0 fully saturated rings. The van der Waals surface area contributed by atoms with E-state index in [9.17, 15) is 9.50 Å². The maximum Gasteiger partial charge on any atom is 0.188 e. The zero-order chi connectivity index (χ0) is 16.4. The lowest BCUT2D eigenvalue weighted by molar-refractivity contribution is 0.218. The summed E-state index contributed by atoms with van der Waals surface area (Å²) in [6.45, 7) is 3.86. The van der Waals surface area contributed by atoms with Crippen LogP contribution in [0.2, 0.25) is 0 Å². The molecule has 0 radical (unpaired) electrons. The van der Waals surface area contributed by atoms with Gasteiger partial charge in [-0.2, -0.15) is 4.52 Å². The Hall–Kier alpha value is -2.54. The molecule has 6 nitrogen and oxygen atoms in total. The number of aromatic nitrogens is 4. The van der Waals surface area contributed by atoms with Crippen molar-refractivity contribution in [2.75, 3.05) is 11.9 Å². The topological polar surface area (TPSA) is 75.3 Å². The highest BCUT2D eigenvalue weighted by Gasteiger charge is 2.22. The van der Waals surface area contributed by atoms with Crippen molar-refractivity contribution in [2.24, 2.45) is 0 Å². The van der Waals surface area contributed by atoms with Crippen LogP contribution < -0.4 is 5.32 Å². The van der Waals surface area contributed by atoms with Crippen molar-refractivity contribution in [3.8, 4) is 11.4 Å². The second-order valence-corrected chi connectivity index (χ2v) is 5.69. The number of fused-ring (bicyclic) bond motifs is 1. The van der Waals surface area contributed by atoms with Crippen LogP contribution in [0.15, 0.2) is 36.4 Å². The fourth-order valence-electron chi connectivity index (χ4n) is 2.21. The number of nitrogens with zero attached hydrogens (tertiary/aromatic N) is 4. The molecule has 3 rings (SSSR count). The average Bonchev–Trinajstić information content (AvgIpc) is 2.98. The van der Waals surface area contributed by atoms with E-state index in [0.717, 1.165) is 6.42 Å². The number of anilines is 1. The summed E-state index contributed by atoms with van der Waals surface area (Å²) in [7, 11) is 0. The molecule has 7 heteroatoms. The number of aliphatic hydroxyl groups excluding tert-OH is 1. The molecule has 1 aromatic carbocycles. The molecule has 0 amide bonds. The molecule has 1 atom stereocenters. The maximum atomic E-state index is 14.0. The Morgan fingerprint density at radius 1 is 1.22 bits per heavy atom. The quantitative estimate of drug-likeness (QED) is 0.756. The fourth-order valence-corrected chi connectivity index (χ4v) is 2.21. The zero-order valence-corrected chi connectivity index (χ0v) is 13.0. The van der Waals surface area contributed by atoms with Crippen molar-refractivity contribution in [3.63, 3.8) is 0 Å². The lowest BCUT2D eigenvalue weighted by atomic mass is 10.0. The summed E-state index contributed by atoms with van der Waals surface area (Å²) in [5, 5.41) is 25.2. The van der Waals surface area contributed by atoms with Gasteiger partial charge in [0.15, 0.2) is 11.5 Å². The molecule has 2 aromatic heterocycles. The Bertz CT molecular complexity index is 828. The van der Waals surface area contributed by atoms with E-state index in [4.69, 9.17) is 0 Å². The van der Waals surface area contributed by atoms with Gasteiger partial charge in [-0.1, -0.05) is 19.1 Å². The SMILES string of the molecule is CCC(C)(CO)Nc1ccc2nnc(-c3ccccc3F)n2n1. The number of nitrogens with one attached hydrogen (secondary N) is 1. The van der Waals surface area contributed by atoms with E-state index in [-0.39, 0.29) is 12.4 Å². The van der Waals surface area contributed by atoms with Gasteiger partial charge in [0.25, 0.3) is 0 Å². The molecular formula is C16H18FN5O. The lowest BCUT2D eigenvalue weighted by Gasteiger charge is -2.27. The molecule has 0 saturated carbocycles. The van der Waals surface area contributed by atoms with E-state index >= 15 is 0 Å². The largest absolute Gasteiger partial charge is 0.394 e. The van der Waals surface area contributed by atoms with E-state index in [1.165, 1.54) is 10.6 Å². The Kier molecular flexibility index (Phi) is 3.96. The second-order valence-electron chi connectivity index (χ2n) is 5.69. The van der Waals surface area contributed by atoms with Crippen molar-refractivity contribution in [1.82, 2.24) is 19.8 Å². The second kappa shape index (κ2) is 5.92. The van der Waals surface area contributed by atoms with Crippen LogP contribution in [0, 0.1) is 5.82 Å². The summed E-state index contributed by atoms with van der Waals surface area (Å²) in [5.74, 6) is 0.521. The summed E-state index contributed by atoms with van der Waals surface area (Å²) >= 11 is 0. The van der Waals surface area contributed by atoms with Crippen molar-refractivity contribution < 1.29 is 9.50 Å². The molecule has 0 spiro atoms. The standard InChI is InChI=1S/C16H18FN5O/c1-3-16(2,10-23)18-13-8-9-14-19-20-15(22(14)21-13)11-6-4-5-7-12(11)17/h4-9,23H,3,10H2,1-2H3,(H,18,21). The highest BCUT2D eigenvalue weighted by atomic mass is 19.1. The normalized spacial score (nSPS) is 13.9. The van der Waals surface area contributed by atoms with Crippen molar-refractivity contribution >= 4 is 11.5 Å². The van der Waals surface area contributed by atoms with Gasteiger partial charge in [0.05, 0.1) is 17.7 Å². The summed E-state index contributed by atoms with van der Waals surface area (Å²) < 4.78 is 15.5. The van der Waals surface area contributed by atoms with Crippen LogP contribution in [0.25, 0.3) is 17.0 Å². The number of halogens is 1. The predicted molar refractivity (Wildman–Crippen MR) is 85.6 cm³/mol. The molecule has 0 aliphatic carbocycles. The number of hydrogen-bond donors (Lipinski definition) is 2. The van der Waals surface area contributed by atoms with E-state index in [2.05, 4.69) is 20.6 Å². The van der Waals surface area contributed by atoms with Crippen LogP contribution in [-0.4, -0.2) is 37.1 Å². The van der Waals surface area contributed by atoms with Gasteiger partial charge in [0.1, 0.15) is 11.6 Å². The van der Waals surface area contributed by atoms with Crippen LogP contribution in [-0.2, 0) is 0 Å². The van der Waals surface area contributed by atoms with Crippen molar-refractivity contribution in [2.45, 2.75) is 25.8 Å². The third kappa shape index (κ3) is 2.87.